The van der Waals surface area contributed by atoms with Gasteiger partial charge in [0.1, 0.15) is 11.4 Å². The van der Waals surface area contributed by atoms with Gasteiger partial charge in [0.25, 0.3) is 0 Å². The molecule has 0 aliphatic rings. The van der Waals surface area contributed by atoms with Gasteiger partial charge in [-0.2, -0.15) is 0 Å². The highest BCUT2D eigenvalue weighted by Gasteiger charge is 2.12. The van der Waals surface area contributed by atoms with Crippen molar-refractivity contribution in [3.05, 3.63) is 70.8 Å². The minimum Gasteiger partial charge on any atom is -0.479 e. The van der Waals surface area contributed by atoms with Crippen molar-refractivity contribution in [3.8, 4) is 17.1 Å². The molecule has 0 aliphatic heterocycles. The molecule has 26 heavy (non-hydrogen) atoms. The number of carbonyl (C=O) groups is 1. The second kappa shape index (κ2) is 7.93. The molecule has 0 fully saturated rings. The van der Waals surface area contributed by atoms with E-state index >= 15 is 0 Å². The Morgan fingerprint density at radius 3 is 2.62 bits per heavy atom. The SMILES string of the molecule is COC(=O)c1ccc(Cc2cnc(OC)c(-c3cccc(Cl)c3)n2)cn1. The van der Waals surface area contributed by atoms with Crippen LogP contribution in [0.15, 0.2) is 48.8 Å². The van der Waals surface area contributed by atoms with E-state index in [2.05, 4.69) is 19.7 Å². The Kier molecular flexibility index (Phi) is 5.43. The lowest BCUT2D eigenvalue weighted by Crippen LogP contribution is -2.05. The maximum absolute atomic E-state index is 11.5. The van der Waals surface area contributed by atoms with Gasteiger partial charge in [-0.15, -0.1) is 0 Å². The molecule has 0 bridgehead atoms. The summed E-state index contributed by atoms with van der Waals surface area (Å²) in [4.78, 5) is 24.6. The normalized spacial score (nSPS) is 10.4. The van der Waals surface area contributed by atoms with Crippen LogP contribution in [0.1, 0.15) is 21.7 Å². The lowest BCUT2D eigenvalue weighted by Gasteiger charge is -2.09. The number of ether oxygens (including phenoxy) is 2. The standard InChI is InChI=1S/C19H16ClN3O3/c1-25-18-17(13-4-3-5-14(20)9-13)23-15(11-22-18)8-12-6-7-16(21-10-12)19(24)26-2/h3-7,9-11H,8H2,1-2H3. The van der Waals surface area contributed by atoms with Crippen LogP contribution in [0.2, 0.25) is 5.02 Å². The molecule has 0 N–H and O–H groups in total. The van der Waals surface area contributed by atoms with Crippen LogP contribution in [-0.2, 0) is 11.2 Å². The molecule has 0 unspecified atom stereocenters. The summed E-state index contributed by atoms with van der Waals surface area (Å²) < 4.78 is 9.96. The molecule has 132 valence electrons. The molecule has 0 saturated carbocycles. The fourth-order valence-electron chi connectivity index (χ4n) is 2.44. The van der Waals surface area contributed by atoms with Gasteiger partial charge in [0, 0.05) is 23.2 Å². The minimum absolute atomic E-state index is 0.261. The van der Waals surface area contributed by atoms with Crippen LogP contribution in [0, 0.1) is 0 Å². The van der Waals surface area contributed by atoms with Crippen molar-refractivity contribution in [2.75, 3.05) is 14.2 Å². The highest BCUT2D eigenvalue weighted by atomic mass is 35.5. The van der Waals surface area contributed by atoms with Gasteiger partial charge in [-0.05, 0) is 23.8 Å². The van der Waals surface area contributed by atoms with Crippen molar-refractivity contribution in [1.29, 1.82) is 0 Å². The maximum Gasteiger partial charge on any atom is 0.356 e. The summed E-state index contributed by atoms with van der Waals surface area (Å²) in [5.74, 6) is -0.0424. The number of carbonyl (C=O) groups excluding carboxylic acids is 1. The fourth-order valence-corrected chi connectivity index (χ4v) is 2.63. The Morgan fingerprint density at radius 1 is 1.12 bits per heavy atom. The topological polar surface area (TPSA) is 74.2 Å². The molecule has 3 rings (SSSR count). The first-order valence-corrected chi connectivity index (χ1v) is 8.17. The molecule has 0 aliphatic carbocycles. The number of hydrogen-bond donors (Lipinski definition) is 0. The highest BCUT2D eigenvalue weighted by molar-refractivity contribution is 6.30. The molecule has 0 amide bonds. The van der Waals surface area contributed by atoms with Crippen LogP contribution >= 0.6 is 11.6 Å². The van der Waals surface area contributed by atoms with Crippen molar-refractivity contribution in [1.82, 2.24) is 15.0 Å². The van der Waals surface area contributed by atoms with Gasteiger partial charge in [0.15, 0.2) is 0 Å². The average molecular weight is 370 g/mol. The molecule has 0 atom stereocenters. The van der Waals surface area contributed by atoms with E-state index in [0.717, 1.165) is 16.8 Å². The smallest absolute Gasteiger partial charge is 0.356 e. The van der Waals surface area contributed by atoms with Gasteiger partial charge < -0.3 is 9.47 Å². The third-order valence-corrected chi connectivity index (χ3v) is 3.92. The molecular weight excluding hydrogens is 354 g/mol. The third-order valence-electron chi connectivity index (χ3n) is 3.68. The summed E-state index contributed by atoms with van der Waals surface area (Å²) in [5, 5.41) is 0.611. The van der Waals surface area contributed by atoms with E-state index in [4.69, 9.17) is 16.3 Å². The summed E-state index contributed by atoms with van der Waals surface area (Å²) in [6.07, 6.45) is 3.79. The molecule has 0 spiro atoms. The molecule has 2 heterocycles. The number of rotatable bonds is 5. The molecule has 7 heteroatoms. The number of pyridine rings is 1. The largest absolute Gasteiger partial charge is 0.479 e. The zero-order valence-corrected chi connectivity index (χ0v) is 15.0. The van der Waals surface area contributed by atoms with Crippen LogP contribution in [-0.4, -0.2) is 35.1 Å². The number of halogens is 1. The molecular formula is C19H16ClN3O3. The Labute approximate surface area is 155 Å². The monoisotopic (exact) mass is 369 g/mol. The fraction of sp³-hybridized carbons (Fsp3) is 0.158. The summed E-state index contributed by atoms with van der Waals surface area (Å²) in [7, 11) is 2.87. The Balaban J connectivity index is 1.89. The Bertz CT molecular complexity index is 930. The van der Waals surface area contributed by atoms with Crippen molar-refractivity contribution >= 4 is 17.6 Å². The summed E-state index contributed by atoms with van der Waals surface area (Å²) >= 11 is 6.08. The number of methoxy groups -OCH3 is 2. The van der Waals surface area contributed by atoms with E-state index in [1.807, 2.05) is 24.3 Å². The number of nitrogens with zero attached hydrogens (tertiary/aromatic N) is 3. The van der Waals surface area contributed by atoms with Gasteiger partial charge in [0.2, 0.25) is 5.88 Å². The van der Waals surface area contributed by atoms with Crippen LogP contribution in [0.4, 0.5) is 0 Å². The second-order valence-electron chi connectivity index (χ2n) is 5.45. The Hall–Kier alpha value is -2.99. The van der Waals surface area contributed by atoms with E-state index in [0.29, 0.717) is 23.0 Å². The van der Waals surface area contributed by atoms with Gasteiger partial charge in [0.05, 0.1) is 26.1 Å². The lowest BCUT2D eigenvalue weighted by atomic mass is 10.1. The van der Waals surface area contributed by atoms with E-state index in [1.54, 1.807) is 31.6 Å². The van der Waals surface area contributed by atoms with Gasteiger partial charge >= 0.3 is 5.97 Å². The summed E-state index contributed by atoms with van der Waals surface area (Å²) in [5.41, 5.74) is 3.34. The molecule has 6 nitrogen and oxygen atoms in total. The minimum atomic E-state index is -0.468. The number of esters is 1. The zero-order valence-electron chi connectivity index (χ0n) is 14.3. The van der Waals surface area contributed by atoms with Gasteiger partial charge in [-0.1, -0.05) is 29.8 Å². The van der Waals surface area contributed by atoms with Crippen molar-refractivity contribution in [3.63, 3.8) is 0 Å². The second-order valence-corrected chi connectivity index (χ2v) is 5.89. The number of benzene rings is 1. The molecule has 0 radical (unpaired) electrons. The van der Waals surface area contributed by atoms with Gasteiger partial charge in [-0.3, -0.25) is 0 Å². The van der Waals surface area contributed by atoms with E-state index < -0.39 is 5.97 Å². The van der Waals surface area contributed by atoms with Crippen molar-refractivity contribution < 1.29 is 14.3 Å². The summed E-state index contributed by atoms with van der Waals surface area (Å²) in [6.45, 7) is 0. The summed E-state index contributed by atoms with van der Waals surface area (Å²) in [6, 6.07) is 10.8. The van der Waals surface area contributed by atoms with Crippen LogP contribution < -0.4 is 4.74 Å². The first-order valence-electron chi connectivity index (χ1n) is 7.80. The average Bonchev–Trinajstić information content (AvgIpc) is 2.68. The number of aromatic nitrogens is 3. The predicted octanol–water partition coefficient (Wildman–Crippen LogP) is 3.58. The first kappa shape index (κ1) is 17.8. The lowest BCUT2D eigenvalue weighted by molar-refractivity contribution is 0.0594. The quantitative estimate of drug-likeness (QED) is 0.640. The van der Waals surface area contributed by atoms with Crippen molar-refractivity contribution in [2.24, 2.45) is 0 Å². The molecule has 2 aromatic heterocycles. The van der Waals surface area contributed by atoms with E-state index in [-0.39, 0.29) is 5.69 Å². The Morgan fingerprint density at radius 2 is 1.96 bits per heavy atom. The van der Waals surface area contributed by atoms with E-state index in [9.17, 15) is 4.79 Å². The van der Waals surface area contributed by atoms with Crippen molar-refractivity contribution in [2.45, 2.75) is 6.42 Å². The van der Waals surface area contributed by atoms with E-state index in [1.165, 1.54) is 7.11 Å². The van der Waals surface area contributed by atoms with Gasteiger partial charge in [-0.25, -0.2) is 19.7 Å². The zero-order chi connectivity index (χ0) is 18.5. The van der Waals surface area contributed by atoms with Crippen LogP contribution in [0.3, 0.4) is 0 Å². The predicted molar refractivity (Wildman–Crippen MR) is 97.4 cm³/mol. The maximum atomic E-state index is 11.5. The molecule has 3 aromatic rings. The molecule has 0 saturated heterocycles. The highest BCUT2D eigenvalue weighted by Crippen LogP contribution is 2.28. The number of hydrogen-bond acceptors (Lipinski definition) is 6. The van der Waals surface area contributed by atoms with Crippen LogP contribution in [0.5, 0.6) is 5.88 Å². The van der Waals surface area contributed by atoms with Crippen LogP contribution in [0.25, 0.3) is 11.3 Å². The molecule has 1 aromatic carbocycles. The first-order chi connectivity index (χ1) is 12.6. The third kappa shape index (κ3) is 3.97.